The molecule has 4 aromatic rings. The summed E-state index contributed by atoms with van der Waals surface area (Å²) in [6.07, 6.45) is 1.61. The predicted octanol–water partition coefficient (Wildman–Crippen LogP) is 4.43. The first-order valence-corrected chi connectivity index (χ1v) is 12.3. The average molecular weight is 469 g/mol. The molecule has 1 aliphatic rings. The number of nitrogens with one attached hydrogen (secondary N) is 1. The van der Waals surface area contributed by atoms with Gasteiger partial charge in [0.25, 0.3) is 5.91 Å². The van der Waals surface area contributed by atoms with Crippen LogP contribution in [0.2, 0.25) is 0 Å². The number of furan rings is 1. The number of aromatic nitrogens is 2. The molecule has 4 aromatic heterocycles. The number of rotatable bonds is 6. The number of carbonyl (C=O) groups is 1. The number of ether oxygens (including phenoxy) is 1. The molecule has 1 atom stereocenters. The van der Waals surface area contributed by atoms with Crippen molar-refractivity contribution < 1.29 is 13.9 Å². The number of morpholine rings is 1. The lowest BCUT2D eigenvalue weighted by molar-refractivity contribution is 0.0169. The zero-order valence-corrected chi connectivity index (χ0v) is 19.6. The lowest BCUT2D eigenvalue weighted by atomic mass is 10.1. The number of carbonyl (C=O) groups excluding carboxylic acids is 1. The minimum atomic E-state index is -0.0701. The highest BCUT2D eigenvalue weighted by Gasteiger charge is 2.26. The van der Waals surface area contributed by atoms with Crippen molar-refractivity contribution in [2.75, 3.05) is 32.8 Å². The van der Waals surface area contributed by atoms with Gasteiger partial charge in [-0.3, -0.25) is 9.69 Å². The van der Waals surface area contributed by atoms with Crippen molar-refractivity contribution in [3.8, 4) is 11.6 Å². The first-order valence-electron chi connectivity index (χ1n) is 10.6. The molecule has 7 nitrogen and oxygen atoms in total. The lowest BCUT2D eigenvalue weighted by Crippen LogP contribution is -2.43. The maximum Gasteiger partial charge on any atom is 0.261 e. The van der Waals surface area contributed by atoms with E-state index in [1.807, 2.05) is 26.0 Å². The molecule has 0 bridgehead atoms. The number of thiophene rings is 2. The average Bonchev–Trinajstić information content (AvgIpc) is 3.56. The predicted molar refractivity (Wildman–Crippen MR) is 126 cm³/mol. The molecule has 32 heavy (non-hydrogen) atoms. The fourth-order valence-corrected chi connectivity index (χ4v) is 6.13. The van der Waals surface area contributed by atoms with Gasteiger partial charge in [-0.1, -0.05) is 6.07 Å². The van der Waals surface area contributed by atoms with E-state index in [0.717, 1.165) is 47.8 Å². The molecule has 0 spiro atoms. The molecule has 0 aromatic carbocycles. The van der Waals surface area contributed by atoms with Crippen LogP contribution in [0.1, 0.15) is 31.8 Å². The van der Waals surface area contributed by atoms with Crippen LogP contribution < -0.4 is 5.32 Å². The Morgan fingerprint density at radius 1 is 1.22 bits per heavy atom. The second kappa shape index (κ2) is 9.11. The Bertz CT molecular complexity index is 1210. The van der Waals surface area contributed by atoms with Crippen molar-refractivity contribution in [1.29, 1.82) is 0 Å². The van der Waals surface area contributed by atoms with Gasteiger partial charge >= 0.3 is 0 Å². The van der Waals surface area contributed by atoms with Gasteiger partial charge in [-0.2, -0.15) is 0 Å². The van der Waals surface area contributed by atoms with Crippen LogP contribution in [-0.2, 0) is 4.74 Å². The number of hydrogen-bond donors (Lipinski definition) is 1. The van der Waals surface area contributed by atoms with Crippen molar-refractivity contribution >= 4 is 38.8 Å². The summed E-state index contributed by atoms with van der Waals surface area (Å²) in [6.45, 7) is 7.64. The zero-order valence-electron chi connectivity index (χ0n) is 18.0. The molecule has 0 unspecified atom stereocenters. The topological polar surface area (TPSA) is 80.5 Å². The van der Waals surface area contributed by atoms with Crippen LogP contribution in [-0.4, -0.2) is 53.6 Å². The molecular formula is C23H24N4O3S2. The van der Waals surface area contributed by atoms with Gasteiger partial charge in [-0.05, 0) is 43.0 Å². The molecule has 0 aliphatic carbocycles. The third-order valence-corrected chi connectivity index (χ3v) is 7.89. The molecule has 1 fully saturated rings. The second-order valence-electron chi connectivity index (χ2n) is 7.74. The van der Waals surface area contributed by atoms with E-state index < -0.39 is 0 Å². The fraction of sp³-hybridized carbons (Fsp3) is 0.348. The van der Waals surface area contributed by atoms with Gasteiger partial charge in [0.1, 0.15) is 4.83 Å². The summed E-state index contributed by atoms with van der Waals surface area (Å²) >= 11 is 3.13. The van der Waals surface area contributed by atoms with Gasteiger partial charge in [0.2, 0.25) is 0 Å². The summed E-state index contributed by atoms with van der Waals surface area (Å²) in [5, 5.41) is 6.20. The normalized spacial score (nSPS) is 15.8. The summed E-state index contributed by atoms with van der Waals surface area (Å²) in [6, 6.07) is 7.99. The van der Waals surface area contributed by atoms with Gasteiger partial charge in [0, 0.05) is 29.9 Å². The van der Waals surface area contributed by atoms with Crippen LogP contribution in [0, 0.1) is 13.8 Å². The standard InChI is InChI=1S/C23H24N4O3S2/c1-14-19-15(2)25-21(17-5-3-9-30-17)26-23(19)32-20(14)22(28)24-13-16(18-6-4-12-31-18)27-7-10-29-11-8-27/h3-6,9,12,16H,7-8,10-11,13H2,1-2H3,(H,24,28)/t16-/m1/s1. The Morgan fingerprint density at radius 3 is 2.78 bits per heavy atom. The Hall–Kier alpha value is -2.59. The minimum Gasteiger partial charge on any atom is -0.461 e. The number of fused-ring (bicyclic) bond motifs is 1. The van der Waals surface area contributed by atoms with Crippen molar-refractivity contribution in [1.82, 2.24) is 20.2 Å². The maximum atomic E-state index is 13.2. The van der Waals surface area contributed by atoms with Crippen molar-refractivity contribution in [3.63, 3.8) is 0 Å². The molecular weight excluding hydrogens is 444 g/mol. The summed E-state index contributed by atoms with van der Waals surface area (Å²) in [4.78, 5) is 27.6. The Morgan fingerprint density at radius 2 is 2.06 bits per heavy atom. The highest BCUT2D eigenvalue weighted by molar-refractivity contribution is 7.20. The van der Waals surface area contributed by atoms with Crippen LogP contribution in [0.25, 0.3) is 21.8 Å². The van der Waals surface area contributed by atoms with Gasteiger partial charge in [0.15, 0.2) is 11.6 Å². The van der Waals surface area contributed by atoms with Crippen molar-refractivity contribution in [3.05, 3.63) is 56.9 Å². The number of amides is 1. The number of aryl methyl sites for hydroxylation is 2. The lowest BCUT2D eigenvalue weighted by Gasteiger charge is -2.34. The van der Waals surface area contributed by atoms with E-state index in [-0.39, 0.29) is 11.9 Å². The van der Waals surface area contributed by atoms with E-state index in [2.05, 4.69) is 37.7 Å². The van der Waals surface area contributed by atoms with Crippen LogP contribution in [0.15, 0.2) is 40.3 Å². The van der Waals surface area contributed by atoms with Crippen molar-refractivity contribution in [2.45, 2.75) is 19.9 Å². The van der Waals surface area contributed by atoms with E-state index in [4.69, 9.17) is 9.15 Å². The summed E-state index contributed by atoms with van der Waals surface area (Å²) in [7, 11) is 0. The first kappa shape index (κ1) is 21.3. The molecule has 5 rings (SSSR count). The van der Waals surface area contributed by atoms with Gasteiger partial charge < -0.3 is 14.5 Å². The Kier molecular flexibility index (Phi) is 6.05. The summed E-state index contributed by atoms with van der Waals surface area (Å²) in [5.41, 5.74) is 1.77. The molecule has 1 amide bonds. The van der Waals surface area contributed by atoms with Crippen LogP contribution in [0.5, 0.6) is 0 Å². The maximum absolute atomic E-state index is 13.2. The van der Waals surface area contributed by atoms with Crippen LogP contribution in [0.3, 0.4) is 0 Å². The molecule has 5 heterocycles. The van der Waals surface area contributed by atoms with E-state index in [1.54, 1.807) is 17.6 Å². The summed E-state index contributed by atoms with van der Waals surface area (Å²) < 4.78 is 11.0. The highest BCUT2D eigenvalue weighted by Crippen LogP contribution is 2.33. The van der Waals surface area contributed by atoms with Crippen LogP contribution in [0.4, 0.5) is 0 Å². The second-order valence-corrected chi connectivity index (χ2v) is 9.71. The largest absolute Gasteiger partial charge is 0.461 e. The zero-order chi connectivity index (χ0) is 22.1. The van der Waals surface area contributed by atoms with E-state index in [0.29, 0.717) is 23.0 Å². The highest BCUT2D eigenvalue weighted by atomic mass is 32.1. The first-order chi connectivity index (χ1) is 15.6. The number of nitrogens with zero attached hydrogens (tertiary/aromatic N) is 3. The van der Waals surface area contributed by atoms with E-state index in [1.165, 1.54) is 16.2 Å². The van der Waals surface area contributed by atoms with Gasteiger partial charge in [-0.15, -0.1) is 22.7 Å². The molecule has 1 saturated heterocycles. The van der Waals surface area contributed by atoms with Crippen molar-refractivity contribution in [2.24, 2.45) is 0 Å². The van der Waals surface area contributed by atoms with E-state index in [9.17, 15) is 4.79 Å². The summed E-state index contributed by atoms with van der Waals surface area (Å²) in [5.74, 6) is 1.09. The molecule has 0 radical (unpaired) electrons. The third kappa shape index (κ3) is 4.09. The molecule has 166 valence electrons. The number of hydrogen-bond acceptors (Lipinski definition) is 8. The smallest absolute Gasteiger partial charge is 0.261 e. The van der Waals surface area contributed by atoms with Gasteiger partial charge in [0.05, 0.1) is 36.1 Å². The molecule has 1 aliphatic heterocycles. The van der Waals surface area contributed by atoms with Crippen LogP contribution >= 0.6 is 22.7 Å². The Balaban J connectivity index is 1.39. The molecule has 0 saturated carbocycles. The van der Waals surface area contributed by atoms with Gasteiger partial charge in [-0.25, -0.2) is 9.97 Å². The molecule has 9 heteroatoms. The fourth-order valence-electron chi connectivity index (χ4n) is 4.12. The quantitative estimate of drug-likeness (QED) is 0.451. The SMILES string of the molecule is Cc1nc(-c2ccco2)nc2sc(C(=O)NC[C@H](c3cccs3)N3CCOCC3)c(C)c12. The minimum absolute atomic E-state index is 0.0701. The molecule has 1 N–H and O–H groups in total. The third-order valence-electron chi connectivity index (χ3n) is 5.73. The monoisotopic (exact) mass is 468 g/mol. The Labute approximate surface area is 194 Å². The van der Waals surface area contributed by atoms with E-state index >= 15 is 0 Å².